The third-order valence-electron chi connectivity index (χ3n) is 7.79. The zero-order valence-corrected chi connectivity index (χ0v) is 22.1. The fourth-order valence-electron chi connectivity index (χ4n) is 5.75. The number of methoxy groups -OCH3 is 1. The van der Waals surface area contributed by atoms with E-state index in [0.717, 1.165) is 53.5 Å². The Hall–Kier alpha value is -3.87. The van der Waals surface area contributed by atoms with Gasteiger partial charge in [-0.15, -0.1) is 0 Å². The number of ether oxygens (including phenoxy) is 1. The van der Waals surface area contributed by atoms with Crippen LogP contribution in [0.5, 0.6) is 5.75 Å². The average Bonchev–Trinajstić information content (AvgIpc) is 3.21. The van der Waals surface area contributed by atoms with Gasteiger partial charge < -0.3 is 15.0 Å². The minimum Gasteiger partial charge on any atom is -0.497 e. The Labute approximate surface area is 223 Å². The second-order valence-corrected chi connectivity index (χ2v) is 10.2. The summed E-state index contributed by atoms with van der Waals surface area (Å²) < 4.78 is 5.28. The molecule has 0 saturated heterocycles. The monoisotopic (exact) mass is 513 g/mol. The van der Waals surface area contributed by atoms with Gasteiger partial charge in [-0.25, -0.2) is 0 Å². The number of hydrogen-bond acceptors (Lipinski definition) is 4. The highest BCUT2D eigenvalue weighted by atomic mass is 16.5. The van der Waals surface area contributed by atoms with Crippen LogP contribution >= 0.6 is 0 Å². The molecule has 1 aliphatic heterocycles. The maximum absolute atomic E-state index is 14.0. The predicted octanol–water partition coefficient (Wildman–Crippen LogP) is 5.06. The zero-order valence-electron chi connectivity index (χ0n) is 22.1. The van der Waals surface area contributed by atoms with Gasteiger partial charge >= 0.3 is 0 Å². The Morgan fingerprint density at radius 3 is 2.42 bits per heavy atom. The highest BCUT2D eigenvalue weighted by molar-refractivity contribution is 6.26. The van der Waals surface area contributed by atoms with Crippen molar-refractivity contribution in [2.45, 2.75) is 64.1 Å². The summed E-state index contributed by atoms with van der Waals surface area (Å²) in [4.78, 5) is 44.0. The second-order valence-electron chi connectivity index (χ2n) is 10.2. The van der Waals surface area contributed by atoms with E-state index < -0.39 is 6.04 Å². The van der Waals surface area contributed by atoms with Crippen molar-refractivity contribution in [2.24, 2.45) is 0 Å². The quantitative estimate of drug-likeness (QED) is 0.434. The molecule has 0 aromatic heterocycles. The first-order valence-electron chi connectivity index (χ1n) is 13.6. The maximum atomic E-state index is 14.0. The standard InChI is InChI=1S/C31H35N3O4/c1-3-26(30(36)32-23-11-5-4-6-12-23)33(19-21-15-17-24(38-2)18-16-21)28(35)20-34-27-14-8-10-22-9-7-13-25(29(22)27)31(34)37/h7-10,13-18,23,26H,3-6,11-12,19-20H2,1-2H3,(H,32,36)/t26-/m0/s1. The summed E-state index contributed by atoms with van der Waals surface area (Å²) in [5.74, 6) is 0.153. The van der Waals surface area contributed by atoms with Crippen LogP contribution in [0.15, 0.2) is 60.7 Å². The second kappa shape index (κ2) is 11.3. The molecule has 1 heterocycles. The minimum absolute atomic E-state index is 0.126. The van der Waals surface area contributed by atoms with Gasteiger partial charge in [0, 0.05) is 23.5 Å². The Bertz CT molecular complexity index is 1330. The fraction of sp³-hybridized carbons (Fsp3) is 0.387. The molecule has 3 aromatic rings. The molecule has 1 saturated carbocycles. The summed E-state index contributed by atoms with van der Waals surface area (Å²) in [6.45, 7) is 2.06. The first-order chi connectivity index (χ1) is 18.5. The van der Waals surface area contributed by atoms with Gasteiger partial charge in [0.25, 0.3) is 5.91 Å². The normalized spacial score (nSPS) is 15.9. The Balaban J connectivity index is 1.41. The summed E-state index contributed by atoms with van der Waals surface area (Å²) in [5, 5.41) is 5.05. The lowest BCUT2D eigenvalue weighted by molar-refractivity contribution is -0.140. The number of carbonyl (C=O) groups is 3. The number of carbonyl (C=O) groups excluding carboxylic acids is 3. The lowest BCUT2D eigenvalue weighted by atomic mass is 9.95. The van der Waals surface area contributed by atoms with E-state index in [2.05, 4.69) is 5.32 Å². The topological polar surface area (TPSA) is 79.0 Å². The summed E-state index contributed by atoms with van der Waals surface area (Å²) in [6.07, 6.45) is 5.84. The summed E-state index contributed by atoms with van der Waals surface area (Å²) >= 11 is 0. The van der Waals surface area contributed by atoms with Gasteiger partial charge in [0.05, 0.1) is 12.8 Å². The molecule has 0 unspecified atom stereocenters. The van der Waals surface area contributed by atoms with Crippen LogP contribution in [0, 0.1) is 0 Å². The molecule has 0 radical (unpaired) electrons. The summed E-state index contributed by atoms with van der Waals surface area (Å²) in [5.41, 5.74) is 2.23. The molecule has 1 N–H and O–H groups in total. The minimum atomic E-state index is -0.637. The average molecular weight is 514 g/mol. The fourth-order valence-corrected chi connectivity index (χ4v) is 5.75. The Kier molecular flexibility index (Phi) is 7.63. The molecule has 38 heavy (non-hydrogen) atoms. The lowest BCUT2D eigenvalue weighted by Crippen LogP contribution is -2.53. The molecule has 2 aliphatic rings. The van der Waals surface area contributed by atoms with E-state index in [1.807, 2.05) is 61.5 Å². The van der Waals surface area contributed by atoms with Crippen LogP contribution in [0.2, 0.25) is 0 Å². The van der Waals surface area contributed by atoms with E-state index >= 15 is 0 Å². The van der Waals surface area contributed by atoms with E-state index in [-0.39, 0.29) is 36.9 Å². The molecule has 1 aliphatic carbocycles. The first-order valence-corrected chi connectivity index (χ1v) is 13.6. The van der Waals surface area contributed by atoms with Gasteiger partial charge in [-0.1, -0.05) is 62.6 Å². The van der Waals surface area contributed by atoms with Crippen LogP contribution in [0.3, 0.4) is 0 Å². The van der Waals surface area contributed by atoms with E-state index in [1.165, 1.54) is 6.42 Å². The van der Waals surface area contributed by atoms with E-state index in [0.29, 0.717) is 12.0 Å². The van der Waals surface area contributed by atoms with Crippen LogP contribution in [0.4, 0.5) is 5.69 Å². The number of benzene rings is 3. The number of anilines is 1. The molecule has 0 spiro atoms. The molecule has 0 bridgehead atoms. The van der Waals surface area contributed by atoms with Crippen molar-refractivity contribution < 1.29 is 19.1 Å². The molecule has 1 fully saturated rings. The Morgan fingerprint density at radius 1 is 1.03 bits per heavy atom. The number of nitrogens with zero attached hydrogens (tertiary/aromatic N) is 2. The zero-order chi connectivity index (χ0) is 26.6. The van der Waals surface area contributed by atoms with Crippen molar-refractivity contribution >= 4 is 34.2 Å². The van der Waals surface area contributed by atoms with Gasteiger partial charge in [0.15, 0.2) is 0 Å². The smallest absolute Gasteiger partial charge is 0.259 e. The molecule has 7 heteroatoms. The molecule has 7 nitrogen and oxygen atoms in total. The van der Waals surface area contributed by atoms with Crippen LogP contribution in [0.25, 0.3) is 10.8 Å². The van der Waals surface area contributed by atoms with Crippen LogP contribution in [-0.2, 0) is 16.1 Å². The van der Waals surface area contributed by atoms with Crippen molar-refractivity contribution in [2.75, 3.05) is 18.6 Å². The first kappa shape index (κ1) is 25.8. The van der Waals surface area contributed by atoms with Crippen molar-refractivity contribution in [1.29, 1.82) is 0 Å². The predicted molar refractivity (Wildman–Crippen MR) is 148 cm³/mol. The van der Waals surface area contributed by atoms with Gasteiger partial charge in [0.2, 0.25) is 11.8 Å². The number of nitrogens with one attached hydrogen (secondary N) is 1. The van der Waals surface area contributed by atoms with Crippen LogP contribution in [0.1, 0.15) is 61.4 Å². The Morgan fingerprint density at radius 2 is 1.74 bits per heavy atom. The highest BCUT2D eigenvalue weighted by Crippen LogP contribution is 2.37. The lowest BCUT2D eigenvalue weighted by Gasteiger charge is -2.34. The molecule has 1 atom stereocenters. The molecular formula is C31H35N3O4. The van der Waals surface area contributed by atoms with E-state index in [4.69, 9.17) is 4.74 Å². The summed E-state index contributed by atoms with van der Waals surface area (Å²) in [7, 11) is 1.61. The maximum Gasteiger partial charge on any atom is 0.259 e. The molecule has 5 rings (SSSR count). The highest BCUT2D eigenvalue weighted by Gasteiger charge is 2.35. The van der Waals surface area contributed by atoms with Crippen LogP contribution in [-0.4, -0.2) is 48.4 Å². The van der Waals surface area contributed by atoms with Crippen molar-refractivity contribution in [3.8, 4) is 5.75 Å². The molecule has 3 aromatic carbocycles. The van der Waals surface area contributed by atoms with Gasteiger partial charge in [-0.2, -0.15) is 0 Å². The van der Waals surface area contributed by atoms with Gasteiger partial charge in [0.1, 0.15) is 18.3 Å². The SMILES string of the molecule is CC[C@@H](C(=O)NC1CCCCC1)N(Cc1ccc(OC)cc1)C(=O)CN1C(=O)c2cccc3cccc1c23. The molecule has 3 amide bonds. The van der Waals surface area contributed by atoms with Crippen molar-refractivity contribution in [1.82, 2.24) is 10.2 Å². The number of amides is 3. The van der Waals surface area contributed by atoms with Gasteiger partial charge in [-0.05, 0) is 54.5 Å². The van der Waals surface area contributed by atoms with Crippen LogP contribution < -0.4 is 15.0 Å². The largest absolute Gasteiger partial charge is 0.497 e. The van der Waals surface area contributed by atoms with E-state index in [9.17, 15) is 14.4 Å². The number of rotatable bonds is 9. The third-order valence-corrected chi connectivity index (χ3v) is 7.79. The van der Waals surface area contributed by atoms with Crippen molar-refractivity contribution in [3.63, 3.8) is 0 Å². The van der Waals surface area contributed by atoms with E-state index in [1.54, 1.807) is 23.0 Å². The molecule has 198 valence electrons. The van der Waals surface area contributed by atoms with Gasteiger partial charge in [-0.3, -0.25) is 19.3 Å². The van der Waals surface area contributed by atoms with Crippen molar-refractivity contribution in [3.05, 3.63) is 71.8 Å². The number of hydrogen-bond donors (Lipinski definition) is 1. The molecular weight excluding hydrogens is 478 g/mol. The summed E-state index contributed by atoms with van der Waals surface area (Å²) in [6, 6.07) is 18.4. The third kappa shape index (κ3) is 5.10.